The van der Waals surface area contributed by atoms with E-state index in [1.807, 2.05) is 13.0 Å². The zero-order valence-electron chi connectivity index (χ0n) is 11.5. The Bertz CT molecular complexity index is 492. The third-order valence-electron chi connectivity index (χ3n) is 3.43. The quantitative estimate of drug-likeness (QED) is 0.882. The van der Waals surface area contributed by atoms with Crippen LogP contribution in [0.5, 0.6) is 0 Å². The summed E-state index contributed by atoms with van der Waals surface area (Å²) in [5, 5.41) is 0. The minimum atomic E-state index is 0.0276. The molecule has 0 fully saturated rings. The van der Waals surface area contributed by atoms with Crippen molar-refractivity contribution in [2.75, 3.05) is 7.11 Å². The van der Waals surface area contributed by atoms with Crippen LogP contribution in [0.4, 0.5) is 0 Å². The van der Waals surface area contributed by atoms with Crippen LogP contribution in [0, 0.1) is 0 Å². The lowest BCUT2D eigenvalue weighted by Gasteiger charge is -2.16. The summed E-state index contributed by atoms with van der Waals surface area (Å²) in [5.41, 5.74) is 9.78. The lowest BCUT2D eigenvalue weighted by atomic mass is 9.98. The van der Waals surface area contributed by atoms with Gasteiger partial charge in [-0.05, 0) is 30.0 Å². The second-order valence-electron chi connectivity index (χ2n) is 4.88. The van der Waals surface area contributed by atoms with Crippen molar-refractivity contribution >= 4 is 0 Å². The fourth-order valence-electron chi connectivity index (χ4n) is 2.14. The van der Waals surface area contributed by atoms with E-state index >= 15 is 0 Å². The highest BCUT2D eigenvalue weighted by Gasteiger charge is 2.10. The van der Waals surface area contributed by atoms with Gasteiger partial charge < -0.3 is 10.5 Å². The lowest BCUT2D eigenvalue weighted by molar-refractivity contribution is 0.104. The number of benzene rings is 2. The molecular weight excluding hydrogens is 234 g/mol. The molecule has 2 aromatic rings. The van der Waals surface area contributed by atoms with E-state index in [1.54, 1.807) is 7.11 Å². The number of hydrogen-bond acceptors (Lipinski definition) is 2. The predicted molar refractivity (Wildman–Crippen MR) is 79.9 cm³/mol. The van der Waals surface area contributed by atoms with Crippen LogP contribution in [0.2, 0.25) is 0 Å². The molecule has 0 aliphatic heterocycles. The van der Waals surface area contributed by atoms with Crippen LogP contribution in [-0.4, -0.2) is 13.2 Å². The zero-order chi connectivity index (χ0) is 13.7. The normalized spacial score (nSPS) is 14.1. The maximum Gasteiger partial charge on any atom is 0.0561 e. The molecule has 2 aromatic carbocycles. The molecule has 0 heterocycles. The largest absolute Gasteiger partial charge is 0.382 e. The Morgan fingerprint density at radius 1 is 0.947 bits per heavy atom. The van der Waals surface area contributed by atoms with Crippen molar-refractivity contribution in [1.82, 2.24) is 0 Å². The van der Waals surface area contributed by atoms with E-state index in [-0.39, 0.29) is 12.1 Å². The number of hydrogen-bond donors (Lipinski definition) is 1. The molecule has 2 N–H and O–H groups in total. The molecule has 0 saturated carbocycles. The van der Waals surface area contributed by atoms with Crippen LogP contribution in [0.25, 0.3) is 11.1 Å². The highest BCUT2D eigenvalue weighted by Crippen LogP contribution is 2.23. The van der Waals surface area contributed by atoms with E-state index in [0.717, 1.165) is 12.0 Å². The third kappa shape index (κ3) is 3.66. The Kier molecular flexibility index (Phi) is 4.72. The average molecular weight is 255 g/mol. The average Bonchev–Trinajstić information content (AvgIpc) is 2.48. The van der Waals surface area contributed by atoms with Crippen LogP contribution in [0.3, 0.4) is 0 Å². The number of rotatable bonds is 5. The first-order chi connectivity index (χ1) is 9.20. The van der Waals surface area contributed by atoms with Crippen LogP contribution in [-0.2, 0) is 4.74 Å². The molecule has 2 heteroatoms. The summed E-state index contributed by atoms with van der Waals surface area (Å²) in [5.74, 6) is 0. The summed E-state index contributed by atoms with van der Waals surface area (Å²) >= 11 is 0. The van der Waals surface area contributed by atoms with Gasteiger partial charge >= 0.3 is 0 Å². The topological polar surface area (TPSA) is 35.2 Å². The molecule has 0 bridgehead atoms. The van der Waals surface area contributed by atoms with Gasteiger partial charge in [-0.25, -0.2) is 0 Å². The molecule has 100 valence electrons. The maximum absolute atomic E-state index is 6.18. The van der Waals surface area contributed by atoms with Gasteiger partial charge in [0, 0.05) is 13.2 Å². The van der Waals surface area contributed by atoms with Crippen molar-refractivity contribution < 1.29 is 4.74 Å². The summed E-state index contributed by atoms with van der Waals surface area (Å²) in [6, 6.07) is 18.9. The van der Waals surface area contributed by atoms with Gasteiger partial charge in [0.2, 0.25) is 0 Å². The van der Waals surface area contributed by atoms with E-state index in [1.165, 1.54) is 11.1 Å². The van der Waals surface area contributed by atoms with E-state index in [9.17, 15) is 0 Å². The fourth-order valence-corrected chi connectivity index (χ4v) is 2.14. The second-order valence-corrected chi connectivity index (χ2v) is 4.88. The molecule has 0 amide bonds. The van der Waals surface area contributed by atoms with Gasteiger partial charge in [0.1, 0.15) is 0 Å². The standard InChI is InChI=1S/C17H21NO/c1-13(19-2)12-17(18)16-10-8-15(9-11-16)14-6-4-3-5-7-14/h3-11,13,17H,12,18H2,1-2H3. The first-order valence-electron chi connectivity index (χ1n) is 6.64. The SMILES string of the molecule is COC(C)CC(N)c1ccc(-c2ccccc2)cc1. The van der Waals surface area contributed by atoms with Crippen LogP contribution in [0.15, 0.2) is 54.6 Å². The minimum absolute atomic E-state index is 0.0276. The number of methoxy groups -OCH3 is 1. The lowest BCUT2D eigenvalue weighted by Crippen LogP contribution is -2.18. The Labute approximate surface area is 115 Å². The second kappa shape index (κ2) is 6.50. The number of nitrogens with two attached hydrogens (primary N) is 1. The molecule has 0 aliphatic carbocycles. The first kappa shape index (κ1) is 13.8. The predicted octanol–water partition coefficient (Wildman–Crippen LogP) is 3.78. The van der Waals surface area contributed by atoms with Gasteiger partial charge in [-0.1, -0.05) is 54.6 Å². The van der Waals surface area contributed by atoms with Crippen molar-refractivity contribution in [2.24, 2.45) is 5.73 Å². The monoisotopic (exact) mass is 255 g/mol. The minimum Gasteiger partial charge on any atom is -0.382 e. The van der Waals surface area contributed by atoms with E-state index in [4.69, 9.17) is 10.5 Å². The van der Waals surface area contributed by atoms with Gasteiger partial charge in [-0.3, -0.25) is 0 Å². The van der Waals surface area contributed by atoms with Crippen molar-refractivity contribution in [3.05, 3.63) is 60.2 Å². The maximum atomic E-state index is 6.18. The molecule has 0 aliphatic rings. The van der Waals surface area contributed by atoms with Crippen LogP contribution in [0.1, 0.15) is 24.9 Å². The molecule has 19 heavy (non-hydrogen) atoms. The number of ether oxygens (including phenoxy) is 1. The van der Waals surface area contributed by atoms with Gasteiger partial charge in [-0.15, -0.1) is 0 Å². The molecule has 2 atom stereocenters. The molecule has 0 spiro atoms. The van der Waals surface area contributed by atoms with Gasteiger partial charge in [-0.2, -0.15) is 0 Å². The van der Waals surface area contributed by atoms with Gasteiger partial charge in [0.05, 0.1) is 6.10 Å². The van der Waals surface area contributed by atoms with Crippen molar-refractivity contribution in [2.45, 2.75) is 25.5 Å². The Morgan fingerprint density at radius 2 is 1.53 bits per heavy atom. The third-order valence-corrected chi connectivity index (χ3v) is 3.43. The highest BCUT2D eigenvalue weighted by atomic mass is 16.5. The molecule has 2 nitrogen and oxygen atoms in total. The van der Waals surface area contributed by atoms with Gasteiger partial charge in [0.25, 0.3) is 0 Å². The Hall–Kier alpha value is -1.64. The molecule has 2 unspecified atom stereocenters. The summed E-state index contributed by atoms with van der Waals surface area (Å²) in [4.78, 5) is 0. The zero-order valence-corrected chi connectivity index (χ0v) is 11.5. The first-order valence-corrected chi connectivity index (χ1v) is 6.64. The van der Waals surface area contributed by atoms with E-state index in [2.05, 4.69) is 48.5 Å². The van der Waals surface area contributed by atoms with Crippen molar-refractivity contribution in [3.63, 3.8) is 0 Å². The van der Waals surface area contributed by atoms with Crippen LogP contribution >= 0.6 is 0 Å². The molecular formula is C17H21NO. The van der Waals surface area contributed by atoms with E-state index in [0.29, 0.717) is 0 Å². The van der Waals surface area contributed by atoms with Crippen LogP contribution < -0.4 is 5.73 Å². The summed E-state index contributed by atoms with van der Waals surface area (Å²) in [6.07, 6.45) is 1.02. The molecule has 0 aromatic heterocycles. The smallest absolute Gasteiger partial charge is 0.0561 e. The Balaban J connectivity index is 2.10. The fraction of sp³-hybridized carbons (Fsp3) is 0.294. The van der Waals surface area contributed by atoms with E-state index < -0.39 is 0 Å². The molecule has 0 saturated heterocycles. The Morgan fingerprint density at radius 3 is 2.11 bits per heavy atom. The summed E-state index contributed by atoms with van der Waals surface area (Å²) < 4.78 is 5.26. The molecule has 2 rings (SSSR count). The van der Waals surface area contributed by atoms with Crippen molar-refractivity contribution in [3.8, 4) is 11.1 Å². The summed E-state index contributed by atoms with van der Waals surface area (Å²) in [6.45, 7) is 2.04. The summed E-state index contributed by atoms with van der Waals surface area (Å²) in [7, 11) is 1.72. The molecule has 0 radical (unpaired) electrons. The van der Waals surface area contributed by atoms with Gasteiger partial charge in [0.15, 0.2) is 0 Å². The van der Waals surface area contributed by atoms with Crippen molar-refractivity contribution in [1.29, 1.82) is 0 Å². The highest BCUT2D eigenvalue weighted by molar-refractivity contribution is 5.63.